The average molecular weight is 456 g/mol. The molecule has 0 aliphatic heterocycles. The lowest BCUT2D eigenvalue weighted by atomic mass is 10.1. The van der Waals surface area contributed by atoms with Gasteiger partial charge in [-0.3, -0.25) is 0 Å². The number of hydrogen-bond donors (Lipinski definition) is 2. The second-order valence-electron chi connectivity index (χ2n) is 7.55. The molecular formula is C25H31NO5P+. The average Bonchev–Trinajstić information content (AvgIpc) is 3.34. The van der Waals surface area contributed by atoms with Crippen LogP contribution in [0.2, 0.25) is 0 Å². The van der Waals surface area contributed by atoms with Crippen molar-refractivity contribution < 1.29 is 23.1 Å². The minimum atomic E-state index is -2.52. The van der Waals surface area contributed by atoms with Crippen LogP contribution in [0, 0.1) is 0 Å². The van der Waals surface area contributed by atoms with Gasteiger partial charge in [-0.1, -0.05) is 36.4 Å². The van der Waals surface area contributed by atoms with Crippen molar-refractivity contribution in [3.63, 3.8) is 0 Å². The summed E-state index contributed by atoms with van der Waals surface area (Å²) in [7, 11) is -2.52. The van der Waals surface area contributed by atoms with Gasteiger partial charge in [0.2, 0.25) is 0 Å². The summed E-state index contributed by atoms with van der Waals surface area (Å²) in [4.78, 5) is 8.63. The molecule has 2 N–H and O–H groups in total. The molecular weight excluding hydrogens is 425 g/mol. The molecule has 1 heterocycles. The Labute approximate surface area is 190 Å². The Bertz CT molecular complexity index is 931. The van der Waals surface area contributed by atoms with Crippen LogP contribution < -0.4 is 10.1 Å². The van der Waals surface area contributed by atoms with Crippen LogP contribution in [0.15, 0.2) is 71.3 Å². The third kappa shape index (κ3) is 8.56. The molecule has 0 bridgehead atoms. The standard InChI is InChI=1S/C25H30NO5P/c27-32(28)31-18-8-15-26-20-22-13-14-25(23(19-22)24-12-7-17-30-24)29-16-6-2-5-11-21-9-3-1-4-10-21/h1,3-4,7,9-10,12-14,17,19,26H,2,5-6,8,11,15-16,18,20H2/p+1. The Kier molecular flexibility index (Phi) is 10.4. The van der Waals surface area contributed by atoms with Crippen molar-refractivity contribution in [2.45, 2.75) is 38.6 Å². The number of ether oxygens (including phenoxy) is 1. The number of benzene rings is 2. The first-order chi connectivity index (χ1) is 15.7. The van der Waals surface area contributed by atoms with Crippen LogP contribution in [0.5, 0.6) is 5.75 Å². The van der Waals surface area contributed by atoms with E-state index in [9.17, 15) is 4.57 Å². The van der Waals surface area contributed by atoms with Gasteiger partial charge in [0.25, 0.3) is 0 Å². The molecule has 0 aliphatic carbocycles. The summed E-state index contributed by atoms with van der Waals surface area (Å²) < 4.78 is 26.9. The number of rotatable bonds is 15. The van der Waals surface area contributed by atoms with Gasteiger partial charge in [-0.05, 0) is 74.0 Å². The molecule has 1 atom stereocenters. The van der Waals surface area contributed by atoms with Crippen molar-refractivity contribution >= 4 is 8.25 Å². The van der Waals surface area contributed by atoms with Crippen molar-refractivity contribution in [1.82, 2.24) is 5.32 Å². The lowest BCUT2D eigenvalue weighted by Crippen LogP contribution is -2.16. The van der Waals surface area contributed by atoms with Gasteiger partial charge in [-0.2, -0.15) is 0 Å². The second-order valence-corrected chi connectivity index (χ2v) is 8.29. The molecule has 1 aromatic heterocycles. The van der Waals surface area contributed by atoms with E-state index in [4.69, 9.17) is 14.0 Å². The predicted octanol–water partition coefficient (Wildman–Crippen LogP) is 5.88. The highest BCUT2D eigenvalue weighted by Gasteiger charge is 2.12. The predicted molar refractivity (Wildman–Crippen MR) is 126 cm³/mol. The summed E-state index contributed by atoms with van der Waals surface area (Å²) in [5, 5.41) is 3.32. The molecule has 32 heavy (non-hydrogen) atoms. The minimum Gasteiger partial charge on any atom is -0.493 e. The molecule has 0 amide bonds. The first-order valence-electron chi connectivity index (χ1n) is 11.1. The molecule has 1 unspecified atom stereocenters. The van der Waals surface area contributed by atoms with Gasteiger partial charge in [0, 0.05) is 11.1 Å². The smallest absolute Gasteiger partial charge is 0.493 e. The fraction of sp³-hybridized carbons (Fsp3) is 0.360. The largest absolute Gasteiger partial charge is 0.694 e. The molecule has 0 radical (unpaired) electrons. The van der Waals surface area contributed by atoms with Crippen molar-refractivity contribution in [2.24, 2.45) is 0 Å². The maximum absolute atomic E-state index is 10.5. The zero-order valence-electron chi connectivity index (χ0n) is 18.2. The summed E-state index contributed by atoms with van der Waals surface area (Å²) in [5.74, 6) is 1.61. The monoisotopic (exact) mass is 456 g/mol. The third-order valence-corrected chi connectivity index (χ3v) is 5.47. The second kappa shape index (κ2) is 13.8. The highest BCUT2D eigenvalue weighted by Crippen LogP contribution is 2.31. The Morgan fingerprint density at radius 1 is 0.906 bits per heavy atom. The lowest BCUT2D eigenvalue weighted by Gasteiger charge is -2.13. The van der Waals surface area contributed by atoms with Gasteiger partial charge >= 0.3 is 8.25 Å². The van der Waals surface area contributed by atoms with Crippen molar-refractivity contribution in [3.05, 3.63) is 78.1 Å². The minimum absolute atomic E-state index is 0.258. The van der Waals surface area contributed by atoms with Gasteiger partial charge < -0.3 is 14.5 Å². The fourth-order valence-electron chi connectivity index (χ4n) is 3.44. The van der Waals surface area contributed by atoms with Crippen LogP contribution in [0.1, 0.15) is 36.8 Å². The Hall–Kier alpha value is -2.50. The highest BCUT2D eigenvalue weighted by molar-refractivity contribution is 7.32. The van der Waals surface area contributed by atoms with Crippen molar-refractivity contribution in [1.29, 1.82) is 0 Å². The summed E-state index contributed by atoms with van der Waals surface area (Å²) in [6.45, 7) is 2.31. The SMILES string of the molecule is O=[P+](O)OCCCNCc1ccc(OCCCCCc2ccccc2)c(-c2ccco2)c1. The summed E-state index contributed by atoms with van der Waals surface area (Å²) in [6.07, 6.45) is 6.72. The van der Waals surface area contributed by atoms with E-state index in [0.717, 1.165) is 48.3 Å². The number of furan rings is 1. The number of unbranched alkanes of at least 4 members (excludes halogenated alkanes) is 2. The van der Waals surface area contributed by atoms with E-state index in [-0.39, 0.29) is 6.61 Å². The first-order valence-corrected chi connectivity index (χ1v) is 12.2. The lowest BCUT2D eigenvalue weighted by molar-refractivity contribution is 0.276. The number of hydrogen-bond acceptors (Lipinski definition) is 5. The van der Waals surface area contributed by atoms with Gasteiger partial charge in [0.15, 0.2) is 0 Å². The quantitative estimate of drug-likeness (QED) is 0.219. The van der Waals surface area contributed by atoms with Crippen molar-refractivity contribution in [2.75, 3.05) is 19.8 Å². The summed E-state index contributed by atoms with van der Waals surface area (Å²) >= 11 is 0. The van der Waals surface area contributed by atoms with E-state index < -0.39 is 8.25 Å². The zero-order valence-corrected chi connectivity index (χ0v) is 19.1. The molecule has 7 heteroatoms. The summed E-state index contributed by atoms with van der Waals surface area (Å²) in [5.41, 5.74) is 3.44. The number of aryl methyl sites for hydroxylation is 1. The Morgan fingerprint density at radius 2 is 1.78 bits per heavy atom. The molecule has 170 valence electrons. The molecule has 3 aromatic rings. The van der Waals surface area contributed by atoms with Gasteiger partial charge in [-0.15, -0.1) is 9.42 Å². The number of nitrogens with one attached hydrogen (secondary N) is 1. The molecule has 6 nitrogen and oxygen atoms in total. The molecule has 0 fully saturated rings. The molecule has 0 spiro atoms. The Morgan fingerprint density at radius 3 is 2.56 bits per heavy atom. The van der Waals surface area contributed by atoms with E-state index >= 15 is 0 Å². The zero-order chi connectivity index (χ0) is 22.4. The molecule has 0 aliphatic rings. The van der Waals surface area contributed by atoms with E-state index in [0.29, 0.717) is 26.1 Å². The van der Waals surface area contributed by atoms with Gasteiger partial charge in [-0.25, -0.2) is 0 Å². The molecule has 0 saturated carbocycles. The van der Waals surface area contributed by atoms with Gasteiger partial charge in [0.1, 0.15) is 18.1 Å². The van der Waals surface area contributed by atoms with Crippen LogP contribution in [0.4, 0.5) is 0 Å². The first kappa shape index (κ1) is 24.1. The summed E-state index contributed by atoms with van der Waals surface area (Å²) in [6, 6.07) is 20.5. The van der Waals surface area contributed by atoms with Crippen LogP contribution in [-0.4, -0.2) is 24.7 Å². The van der Waals surface area contributed by atoms with E-state index in [1.54, 1.807) is 6.26 Å². The van der Waals surface area contributed by atoms with E-state index in [1.807, 2.05) is 30.3 Å². The third-order valence-electron chi connectivity index (χ3n) is 5.07. The molecule has 2 aromatic carbocycles. The van der Waals surface area contributed by atoms with Crippen LogP contribution >= 0.6 is 8.25 Å². The van der Waals surface area contributed by atoms with Gasteiger partial charge in [0.05, 0.1) is 18.4 Å². The van der Waals surface area contributed by atoms with Crippen LogP contribution in [0.3, 0.4) is 0 Å². The van der Waals surface area contributed by atoms with Crippen LogP contribution in [-0.2, 0) is 22.1 Å². The topological polar surface area (TPSA) is 80.9 Å². The van der Waals surface area contributed by atoms with E-state index in [1.165, 1.54) is 5.56 Å². The van der Waals surface area contributed by atoms with E-state index in [2.05, 4.69) is 40.2 Å². The maximum atomic E-state index is 10.5. The molecule has 3 rings (SSSR count). The fourth-order valence-corrected chi connectivity index (χ4v) is 3.73. The Balaban J connectivity index is 1.45. The normalized spacial score (nSPS) is 11.5. The molecule has 0 saturated heterocycles. The maximum Gasteiger partial charge on any atom is 0.694 e. The van der Waals surface area contributed by atoms with Crippen LogP contribution in [0.25, 0.3) is 11.3 Å². The van der Waals surface area contributed by atoms with Crippen molar-refractivity contribution in [3.8, 4) is 17.1 Å². The highest BCUT2D eigenvalue weighted by atomic mass is 31.1.